The molecule has 0 unspecified atom stereocenters. The molecule has 24 heavy (non-hydrogen) atoms. The van der Waals surface area contributed by atoms with Crippen LogP contribution in [-0.2, 0) is 14.4 Å². The average molecular weight is 362 g/mol. The Kier molecular flexibility index (Phi) is 3.51. The number of fused-ring (bicyclic) bond motifs is 1. The van der Waals surface area contributed by atoms with Crippen LogP contribution < -0.4 is 4.90 Å². The van der Waals surface area contributed by atoms with Crippen LogP contribution in [0.4, 0.5) is 5.69 Å². The standard InChI is InChI=1S/C16H9Cl2N3O3/c17-9-3-4-11(10(18)6-9)21-15(22)12-13(8-2-1-5-19-7-8)20-24-14(12)16(21)23/h1-7,12,14H/t12-,14-/m0/s1. The number of oxime groups is 1. The number of anilines is 1. The molecule has 0 spiro atoms. The number of benzene rings is 1. The maximum absolute atomic E-state index is 12.9. The van der Waals surface area contributed by atoms with E-state index in [2.05, 4.69) is 10.1 Å². The first-order valence-electron chi connectivity index (χ1n) is 7.05. The molecule has 0 saturated carbocycles. The summed E-state index contributed by atoms with van der Waals surface area (Å²) in [7, 11) is 0. The van der Waals surface area contributed by atoms with Crippen molar-refractivity contribution in [3.8, 4) is 0 Å². The molecule has 4 rings (SSSR count). The summed E-state index contributed by atoms with van der Waals surface area (Å²) in [4.78, 5) is 35.7. The summed E-state index contributed by atoms with van der Waals surface area (Å²) < 4.78 is 0. The first kappa shape index (κ1) is 15.1. The number of amides is 2. The van der Waals surface area contributed by atoms with Crippen LogP contribution in [0.15, 0.2) is 47.9 Å². The molecule has 1 saturated heterocycles. The minimum absolute atomic E-state index is 0.212. The number of rotatable bonds is 2. The number of carbonyl (C=O) groups is 2. The van der Waals surface area contributed by atoms with Gasteiger partial charge < -0.3 is 4.84 Å². The summed E-state index contributed by atoms with van der Waals surface area (Å²) >= 11 is 12.0. The monoisotopic (exact) mass is 361 g/mol. The molecule has 2 aromatic rings. The Labute approximate surface area is 146 Å². The predicted octanol–water partition coefficient (Wildman–Crippen LogP) is 2.68. The van der Waals surface area contributed by atoms with Crippen LogP contribution in [0.3, 0.4) is 0 Å². The highest BCUT2D eigenvalue weighted by Gasteiger charge is 2.56. The van der Waals surface area contributed by atoms with Crippen molar-refractivity contribution in [3.63, 3.8) is 0 Å². The van der Waals surface area contributed by atoms with Gasteiger partial charge in [0, 0.05) is 23.0 Å². The fourth-order valence-electron chi connectivity index (χ4n) is 2.83. The van der Waals surface area contributed by atoms with Gasteiger partial charge in [-0.05, 0) is 30.3 Å². The van der Waals surface area contributed by atoms with Crippen LogP contribution in [0.2, 0.25) is 10.0 Å². The molecule has 120 valence electrons. The smallest absolute Gasteiger partial charge is 0.279 e. The summed E-state index contributed by atoms with van der Waals surface area (Å²) in [5, 5.41) is 4.54. The Morgan fingerprint density at radius 2 is 1.96 bits per heavy atom. The van der Waals surface area contributed by atoms with E-state index in [1.807, 2.05) is 0 Å². The molecule has 0 aliphatic carbocycles. The fourth-order valence-corrected chi connectivity index (χ4v) is 3.32. The third-order valence-electron chi connectivity index (χ3n) is 3.92. The Balaban J connectivity index is 1.74. The summed E-state index contributed by atoms with van der Waals surface area (Å²) in [5.41, 5.74) is 1.30. The third kappa shape index (κ3) is 2.18. The molecule has 2 atom stereocenters. The lowest BCUT2D eigenvalue weighted by Crippen LogP contribution is -2.33. The number of hydrogen-bond acceptors (Lipinski definition) is 5. The zero-order valence-electron chi connectivity index (χ0n) is 12.0. The van der Waals surface area contributed by atoms with Crippen molar-refractivity contribution in [1.82, 2.24) is 4.98 Å². The van der Waals surface area contributed by atoms with Gasteiger partial charge >= 0.3 is 0 Å². The van der Waals surface area contributed by atoms with Crippen molar-refractivity contribution in [3.05, 3.63) is 58.3 Å². The normalized spacial score (nSPS) is 22.4. The molecule has 0 bridgehead atoms. The van der Waals surface area contributed by atoms with Gasteiger partial charge in [-0.3, -0.25) is 14.6 Å². The van der Waals surface area contributed by atoms with Crippen LogP contribution in [0.1, 0.15) is 5.56 Å². The molecule has 3 heterocycles. The zero-order valence-corrected chi connectivity index (χ0v) is 13.5. The van der Waals surface area contributed by atoms with Crippen LogP contribution >= 0.6 is 23.2 Å². The number of aromatic nitrogens is 1. The molecule has 2 aliphatic rings. The fraction of sp³-hybridized carbons (Fsp3) is 0.125. The largest absolute Gasteiger partial charge is 0.381 e. The summed E-state index contributed by atoms with van der Waals surface area (Å²) in [5.74, 6) is -1.75. The Hall–Kier alpha value is -2.44. The van der Waals surface area contributed by atoms with Crippen LogP contribution in [0, 0.1) is 5.92 Å². The number of hydrogen-bond donors (Lipinski definition) is 0. The van der Waals surface area contributed by atoms with E-state index in [9.17, 15) is 9.59 Å². The van der Waals surface area contributed by atoms with Gasteiger partial charge in [0.1, 0.15) is 11.6 Å². The highest BCUT2D eigenvalue weighted by atomic mass is 35.5. The van der Waals surface area contributed by atoms with Crippen LogP contribution in [0.5, 0.6) is 0 Å². The molecule has 1 aromatic heterocycles. The second kappa shape index (κ2) is 5.58. The van der Waals surface area contributed by atoms with Crippen molar-refractivity contribution in [2.24, 2.45) is 11.1 Å². The maximum Gasteiger partial charge on any atom is 0.279 e. The van der Waals surface area contributed by atoms with Gasteiger partial charge in [-0.2, -0.15) is 0 Å². The van der Waals surface area contributed by atoms with Gasteiger partial charge in [-0.25, -0.2) is 4.90 Å². The topological polar surface area (TPSA) is 71.9 Å². The molecule has 1 aromatic carbocycles. The first-order chi connectivity index (χ1) is 11.6. The first-order valence-corrected chi connectivity index (χ1v) is 7.80. The number of nitrogens with zero attached hydrogens (tertiary/aromatic N) is 3. The van der Waals surface area contributed by atoms with Crippen LogP contribution in [0.25, 0.3) is 0 Å². The maximum atomic E-state index is 12.9. The molecule has 6 nitrogen and oxygen atoms in total. The van der Waals surface area contributed by atoms with Gasteiger partial charge in [0.05, 0.1) is 10.7 Å². The Bertz CT molecular complexity index is 885. The van der Waals surface area contributed by atoms with Gasteiger partial charge in [-0.15, -0.1) is 0 Å². The summed E-state index contributed by atoms with van der Waals surface area (Å²) in [6.45, 7) is 0. The predicted molar refractivity (Wildman–Crippen MR) is 88.1 cm³/mol. The van der Waals surface area contributed by atoms with E-state index in [1.165, 1.54) is 12.1 Å². The number of carbonyl (C=O) groups excluding carboxylic acids is 2. The highest BCUT2D eigenvalue weighted by molar-refractivity contribution is 6.39. The van der Waals surface area contributed by atoms with E-state index in [1.54, 1.807) is 30.6 Å². The molecular weight excluding hydrogens is 353 g/mol. The quantitative estimate of drug-likeness (QED) is 0.770. The molecular formula is C16H9Cl2N3O3. The minimum atomic E-state index is -0.987. The Morgan fingerprint density at radius 3 is 2.67 bits per heavy atom. The van der Waals surface area contributed by atoms with E-state index in [-0.39, 0.29) is 10.7 Å². The highest BCUT2D eigenvalue weighted by Crippen LogP contribution is 2.38. The second-order valence-electron chi connectivity index (χ2n) is 5.33. The van der Waals surface area contributed by atoms with Gasteiger partial charge in [0.2, 0.25) is 12.0 Å². The van der Waals surface area contributed by atoms with E-state index < -0.39 is 23.8 Å². The second-order valence-corrected chi connectivity index (χ2v) is 6.17. The van der Waals surface area contributed by atoms with Gasteiger partial charge in [0.15, 0.2) is 0 Å². The lowest BCUT2D eigenvalue weighted by Gasteiger charge is -2.17. The van der Waals surface area contributed by atoms with E-state index in [0.29, 0.717) is 16.3 Å². The van der Waals surface area contributed by atoms with Crippen molar-refractivity contribution in [2.75, 3.05) is 4.90 Å². The SMILES string of the molecule is O=C1[C@H]2C(c3cccnc3)=NO[C@@H]2C(=O)N1c1ccc(Cl)cc1Cl. The summed E-state index contributed by atoms with van der Waals surface area (Å²) in [6, 6.07) is 8.05. The zero-order chi connectivity index (χ0) is 16.8. The van der Waals surface area contributed by atoms with Crippen molar-refractivity contribution in [1.29, 1.82) is 0 Å². The summed E-state index contributed by atoms with van der Waals surface area (Å²) in [6.07, 6.45) is 2.19. The van der Waals surface area contributed by atoms with Crippen molar-refractivity contribution < 1.29 is 14.4 Å². The van der Waals surface area contributed by atoms with Gasteiger partial charge in [-0.1, -0.05) is 28.4 Å². The minimum Gasteiger partial charge on any atom is -0.381 e. The van der Waals surface area contributed by atoms with E-state index in [0.717, 1.165) is 4.90 Å². The van der Waals surface area contributed by atoms with Crippen molar-refractivity contribution >= 4 is 46.4 Å². The average Bonchev–Trinajstić information content (AvgIpc) is 3.11. The molecule has 1 fully saturated rings. The van der Waals surface area contributed by atoms with E-state index >= 15 is 0 Å². The molecule has 2 aliphatic heterocycles. The molecule has 0 N–H and O–H groups in total. The Morgan fingerprint density at radius 1 is 1.12 bits per heavy atom. The number of imide groups is 1. The van der Waals surface area contributed by atoms with E-state index in [4.69, 9.17) is 28.0 Å². The molecule has 2 amide bonds. The van der Waals surface area contributed by atoms with Gasteiger partial charge in [0.25, 0.3) is 5.91 Å². The lowest BCUT2D eigenvalue weighted by atomic mass is 9.95. The molecule has 8 heteroatoms. The van der Waals surface area contributed by atoms with Crippen LogP contribution in [-0.4, -0.2) is 28.6 Å². The third-order valence-corrected chi connectivity index (χ3v) is 4.46. The van der Waals surface area contributed by atoms with Crippen molar-refractivity contribution in [2.45, 2.75) is 6.10 Å². The molecule has 0 radical (unpaired) electrons. The number of pyridine rings is 1. The lowest BCUT2D eigenvalue weighted by molar-refractivity contribution is -0.126. The number of halogens is 2.